The van der Waals surface area contributed by atoms with E-state index in [0.717, 1.165) is 0 Å². The van der Waals surface area contributed by atoms with Crippen LogP contribution in [0.5, 0.6) is 23.0 Å². The molecule has 1 aromatic heterocycles. The Balaban J connectivity index is 1.55. The van der Waals surface area contributed by atoms with Gasteiger partial charge < -0.3 is 19.9 Å². The molecule has 1 saturated carbocycles. The molecule has 5 rings (SSSR count). The standard InChI is InChI=1S/C28H24FN3O5/c1-35-24-15-21-22(16-25(24)36-2)31-13-10-23(21)37-20-5-3-4-19(14-20)32(18-8-6-17(29)7-9-18)27(34)28(11-12-28)26(30)33/h3-10,13-16H,11-12H2,1-2H3,(H2,30,33). The molecular formula is C28H24FN3O5. The van der Waals surface area contributed by atoms with Crippen LogP contribution in [0.1, 0.15) is 12.8 Å². The predicted octanol–water partition coefficient (Wildman–Crippen LogP) is 5.11. The van der Waals surface area contributed by atoms with Crippen LogP contribution in [0.4, 0.5) is 15.8 Å². The number of nitrogens with zero attached hydrogens (tertiary/aromatic N) is 2. The molecule has 0 saturated heterocycles. The van der Waals surface area contributed by atoms with E-state index in [4.69, 9.17) is 19.9 Å². The van der Waals surface area contributed by atoms with Crippen LogP contribution in [-0.4, -0.2) is 31.0 Å². The van der Waals surface area contributed by atoms with E-state index < -0.39 is 23.0 Å². The fourth-order valence-electron chi connectivity index (χ4n) is 4.23. The maximum atomic E-state index is 13.6. The maximum Gasteiger partial charge on any atom is 0.247 e. The molecule has 0 bridgehead atoms. The molecule has 4 aromatic rings. The Labute approximate surface area is 212 Å². The SMILES string of the molecule is COc1cc2nccc(Oc3cccc(N(C(=O)C4(C(N)=O)CC4)c4ccc(F)cc4)c3)c2cc1OC. The van der Waals surface area contributed by atoms with E-state index in [9.17, 15) is 14.0 Å². The van der Waals surface area contributed by atoms with Crippen LogP contribution in [0.3, 0.4) is 0 Å². The van der Waals surface area contributed by atoms with E-state index in [1.807, 2.05) is 0 Å². The Morgan fingerprint density at radius 1 is 0.919 bits per heavy atom. The Morgan fingerprint density at radius 2 is 1.62 bits per heavy atom. The van der Waals surface area contributed by atoms with Gasteiger partial charge in [0.25, 0.3) is 0 Å². The van der Waals surface area contributed by atoms with Crippen LogP contribution in [0.2, 0.25) is 0 Å². The quantitative estimate of drug-likeness (QED) is 0.337. The van der Waals surface area contributed by atoms with Gasteiger partial charge in [-0.3, -0.25) is 19.5 Å². The first-order chi connectivity index (χ1) is 17.9. The minimum absolute atomic E-state index is 0.364. The van der Waals surface area contributed by atoms with Crippen molar-refractivity contribution in [3.8, 4) is 23.0 Å². The molecule has 3 aromatic carbocycles. The van der Waals surface area contributed by atoms with Crippen LogP contribution < -0.4 is 24.8 Å². The second-order valence-corrected chi connectivity index (χ2v) is 8.70. The van der Waals surface area contributed by atoms with Crippen LogP contribution in [0, 0.1) is 11.2 Å². The van der Waals surface area contributed by atoms with Gasteiger partial charge in [0.05, 0.1) is 25.4 Å². The summed E-state index contributed by atoms with van der Waals surface area (Å²) in [4.78, 5) is 31.5. The summed E-state index contributed by atoms with van der Waals surface area (Å²) in [5.41, 5.74) is 5.80. The molecule has 8 nitrogen and oxygen atoms in total. The zero-order chi connectivity index (χ0) is 26.2. The molecule has 2 amide bonds. The average molecular weight is 502 g/mol. The van der Waals surface area contributed by atoms with Crippen molar-refractivity contribution in [2.45, 2.75) is 12.8 Å². The zero-order valence-corrected chi connectivity index (χ0v) is 20.2. The van der Waals surface area contributed by atoms with Gasteiger partial charge in [0, 0.05) is 29.4 Å². The third kappa shape index (κ3) is 4.40. The second-order valence-electron chi connectivity index (χ2n) is 8.70. The lowest BCUT2D eigenvalue weighted by Gasteiger charge is -2.27. The summed E-state index contributed by atoms with van der Waals surface area (Å²) in [6, 6.07) is 17.6. The molecule has 0 aliphatic heterocycles. The number of pyridine rings is 1. The van der Waals surface area contributed by atoms with E-state index in [-0.39, 0.29) is 0 Å². The highest BCUT2D eigenvalue weighted by atomic mass is 19.1. The summed E-state index contributed by atoms with van der Waals surface area (Å²) in [6.45, 7) is 0. The van der Waals surface area contributed by atoms with Gasteiger partial charge in [0.2, 0.25) is 11.8 Å². The molecule has 37 heavy (non-hydrogen) atoms. The van der Waals surface area contributed by atoms with Crippen LogP contribution in [0.15, 0.2) is 72.9 Å². The molecule has 188 valence electrons. The zero-order valence-electron chi connectivity index (χ0n) is 20.2. The maximum absolute atomic E-state index is 13.6. The number of hydrogen-bond donors (Lipinski definition) is 1. The van der Waals surface area contributed by atoms with Gasteiger partial charge in [-0.2, -0.15) is 0 Å². The summed E-state index contributed by atoms with van der Waals surface area (Å²) in [5.74, 6) is 0.428. The number of nitrogens with two attached hydrogens (primary N) is 1. The van der Waals surface area contributed by atoms with Crippen molar-refractivity contribution in [3.05, 3.63) is 78.7 Å². The number of halogens is 1. The molecule has 0 radical (unpaired) electrons. The number of methoxy groups -OCH3 is 2. The topological polar surface area (TPSA) is 104 Å². The number of anilines is 2. The van der Waals surface area contributed by atoms with Gasteiger partial charge in [0.15, 0.2) is 11.5 Å². The Hall–Kier alpha value is -4.66. The number of rotatable bonds is 8. The van der Waals surface area contributed by atoms with Gasteiger partial charge >= 0.3 is 0 Å². The number of ether oxygens (including phenoxy) is 3. The third-order valence-electron chi connectivity index (χ3n) is 6.43. The van der Waals surface area contributed by atoms with Crippen molar-refractivity contribution in [1.82, 2.24) is 4.98 Å². The van der Waals surface area contributed by atoms with E-state index in [1.165, 1.54) is 29.2 Å². The molecule has 1 fully saturated rings. The smallest absolute Gasteiger partial charge is 0.247 e. The minimum atomic E-state index is -1.28. The normalized spacial score (nSPS) is 13.6. The van der Waals surface area contributed by atoms with E-state index in [1.54, 1.807) is 62.9 Å². The first-order valence-corrected chi connectivity index (χ1v) is 11.5. The van der Waals surface area contributed by atoms with Crippen molar-refractivity contribution >= 4 is 34.1 Å². The lowest BCUT2D eigenvalue weighted by Crippen LogP contribution is -2.41. The number of amides is 2. The molecule has 9 heteroatoms. The number of primary amides is 1. The Bertz CT molecular complexity index is 1500. The van der Waals surface area contributed by atoms with Gasteiger partial charge in [-0.05, 0) is 61.4 Å². The van der Waals surface area contributed by atoms with Gasteiger partial charge in [0.1, 0.15) is 22.7 Å². The van der Waals surface area contributed by atoms with Crippen LogP contribution >= 0.6 is 0 Å². The first kappa shape index (κ1) is 24.1. The fraction of sp³-hybridized carbons (Fsp3) is 0.179. The molecule has 0 unspecified atom stereocenters. The summed E-state index contributed by atoms with van der Waals surface area (Å²) >= 11 is 0. The second kappa shape index (κ2) is 9.42. The number of hydrogen-bond acceptors (Lipinski definition) is 6. The van der Waals surface area contributed by atoms with Crippen molar-refractivity contribution < 1.29 is 28.2 Å². The Morgan fingerprint density at radius 3 is 2.27 bits per heavy atom. The minimum Gasteiger partial charge on any atom is -0.493 e. The van der Waals surface area contributed by atoms with E-state index in [2.05, 4.69) is 4.98 Å². The highest BCUT2D eigenvalue weighted by molar-refractivity contribution is 6.16. The van der Waals surface area contributed by atoms with Crippen LogP contribution in [0.25, 0.3) is 10.9 Å². The van der Waals surface area contributed by atoms with Gasteiger partial charge in [-0.15, -0.1) is 0 Å². The third-order valence-corrected chi connectivity index (χ3v) is 6.43. The summed E-state index contributed by atoms with van der Waals surface area (Å²) in [6.07, 6.45) is 2.35. The molecular weight excluding hydrogens is 477 g/mol. The molecule has 0 spiro atoms. The predicted molar refractivity (Wildman–Crippen MR) is 136 cm³/mol. The molecule has 0 atom stereocenters. The fourth-order valence-corrected chi connectivity index (χ4v) is 4.23. The summed E-state index contributed by atoms with van der Waals surface area (Å²) < 4.78 is 30.6. The van der Waals surface area contributed by atoms with Crippen molar-refractivity contribution in [1.29, 1.82) is 0 Å². The number of carbonyl (C=O) groups excluding carboxylic acids is 2. The highest BCUT2D eigenvalue weighted by Crippen LogP contribution is 2.49. The van der Waals surface area contributed by atoms with Crippen LogP contribution in [-0.2, 0) is 9.59 Å². The molecule has 2 N–H and O–H groups in total. The lowest BCUT2D eigenvalue weighted by atomic mass is 10.0. The van der Waals surface area contributed by atoms with E-state index >= 15 is 0 Å². The first-order valence-electron chi connectivity index (χ1n) is 11.5. The molecule has 1 heterocycles. The number of aromatic nitrogens is 1. The Kier molecular flexibility index (Phi) is 6.12. The molecule has 1 aliphatic rings. The number of fused-ring (bicyclic) bond motifs is 1. The largest absolute Gasteiger partial charge is 0.493 e. The highest BCUT2D eigenvalue weighted by Gasteiger charge is 2.57. The summed E-state index contributed by atoms with van der Waals surface area (Å²) in [5, 5.41) is 0.697. The number of benzene rings is 3. The van der Waals surface area contributed by atoms with Crippen molar-refractivity contribution in [2.75, 3.05) is 19.1 Å². The number of carbonyl (C=O) groups is 2. The van der Waals surface area contributed by atoms with Gasteiger partial charge in [-0.25, -0.2) is 4.39 Å². The molecule has 1 aliphatic carbocycles. The van der Waals surface area contributed by atoms with Crippen molar-refractivity contribution in [3.63, 3.8) is 0 Å². The van der Waals surface area contributed by atoms with Gasteiger partial charge in [-0.1, -0.05) is 6.07 Å². The van der Waals surface area contributed by atoms with Crippen molar-refractivity contribution in [2.24, 2.45) is 11.1 Å². The summed E-state index contributed by atoms with van der Waals surface area (Å²) in [7, 11) is 3.09. The lowest BCUT2D eigenvalue weighted by molar-refractivity contribution is -0.133. The monoisotopic (exact) mass is 501 g/mol. The average Bonchev–Trinajstić information content (AvgIpc) is 3.72. The van der Waals surface area contributed by atoms with E-state index in [0.29, 0.717) is 58.1 Å².